The van der Waals surface area contributed by atoms with E-state index in [2.05, 4.69) is 5.10 Å². The summed E-state index contributed by atoms with van der Waals surface area (Å²) in [5, 5.41) is 25.2. The summed E-state index contributed by atoms with van der Waals surface area (Å²) in [7, 11) is 2.28. The van der Waals surface area contributed by atoms with Crippen LogP contribution in [0.3, 0.4) is 0 Å². The number of hydrogen-bond acceptors (Lipinski definition) is 8. The number of aromatic hydroxyl groups is 1. The lowest BCUT2D eigenvalue weighted by atomic mass is 10.0. The Morgan fingerprint density at radius 1 is 1.07 bits per heavy atom. The third-order valence-electron chi connectivity index (χ3n) is 4.10. The second-order valence-corrected chi connectivity index (χ2v) is 5.76. The number of phenolic OH excluding ortho intramolecular Hbond substituents is 1. The van der Waals surface area contributed by atoms with E-state index in [0.717, 1.165) is 26.4 Å². The minimum Gasteiger partial charge on any atom is -0.502 e. The van der Waals surface area contributed by atoms with Gasteiger partial charge in [0.05, 0.1) is 24.8 Å². The Morgan fingerprint density at radius 3 is 2.31 bits per heavy atom. The van der Waals surface area contributed by atoms with Crippen LogP contribution in [0.2, 0.25) is 0 Å². The summed E-state index contributed by atoms with van der Waals surface area (Å²) in [6.45, 7) is 0. The minimum absolute atomic E-state index is 0.0378. The molecule has 0 fully saturated rings. The Hall–Kier alpha value is -4.21. The highest BCUT2D eigenvalue weighted by atomic mass is 16.6. The number of carbonyl (C=O) groups excluding carboxylic acids is 2. The minimum atomic E-state index is -0.877. The molecule has 10 heteroatoms. The molecule has 0 amide bonds. The van der Waals surface area contributed by atoms with Crippen LogP contribution in [0.25, 0.3) is 16.9 Å². The summed E-state index contributed by atoms with van der Waals surface area (Å²) < 4.78 is 10.8. The van der Waals surface area contributed by atoms with E-state index >= 15 is 0 Å². The monoisotopic (exact) mass is 397 g/mol. The molecule has 1 aromatic heterocycles. The van der Waals surface area contributed by atoms with Crippen LogP contribution in [0.5, 0.6) is 5.75 Å². The third-order valence-corrected chi connectivity index (χ3v) is 4.10. The quantitative estimate of drug-likeness (QED) is 0.395. The lowest BCUT2D eigenvalue weighted by Gasteiger charge is -2.07. The van der Waals surface area contributed by atoms with E-state index in [1.807, 2.05) is 0 Å². The van der Waals surface area contributed by atoms with Crippen molar-refractivity contribution in [2.24, 2.45) is 0 Å². The zero-order valence-corrected chi connectivity index (χ0v) is 15.4. The fourth-order valence-electron chi connectivity index (χ4n) is 2.77. The van der Waals surface area contributed by atoms with Gasteiger partial charge in [0.2, 0.25) is 0 Å². The number of esters is 2. The maximum Gasteiger partial charge on any atom is 0.357 e. The molecular weight excluding hydrogens is 382 g/mol. The van der Waals surface area contributed by atoms with Gasteiger partial charge in [-0.2, -0.15) is 5.10 Å². The lowest BCUT2D eigenvalue weighted by Crippen LogP contribution is -2.15. The van der Waals surface area contributed by atoms with Gasteiger partial charge in [0, 0.05) is 11.6 Å². The van der Waals surface area contributed by atoms with Crippen molar-refractivity contribution in [3.63, 3.8) is 0 Å². The average Bonchev–Trinajstić information content (AvgIpc) is 3.14. The smallest absolute Gasteiger partial charge is 0.357 e. The zero-order valence-electron chi connectivity index (χ0n) is 15.4. The van der Waals surface area contributed by atoms with Gasteiger partial charge in [-0.25, -0.2) is 14.3 Å². The summed E-state index contributed by atoms with van der Waals surface area (Å²) in [6, 6.07) is 12.0. The molecule has 0 unspecified atom stereocenters. The molecule has 0 atom stereocenters. The second-order valence-electron chi connectivity index (χ2n) is 5.76. The zero-order chi connectivity index (χ0) is 21.1. The number of nitrogens with zero attached hydrogens (tertiary/aromatic N) is 3. The fraction of sp³-hybridized carbons (Fsp3) is 0.105. The standard InChI is InChI=1S/C19H15N3O7/c1-28-18(24)15-16(11-8-9-14(23)13(10-11)22(26)27)20-21(17(15)19(25)29-2)12-6-4-3-5-7-12/h3-10,23H,1-2H3. The number of rotatable bonds is 5. The molecule has 0 aliphatic rings. The number of nitro groups is 1. The highest BCUT2D eigenvalue weighted by Gasteiger charge is 2.32. The van der Waals surface area contributed by atoms with Crippen LogP contribution in [0.4, 0.5) is 5.69 Å². The summed E-state index contributed by atoms with van der Waals surface area (Å²) in [6.07, 6.45) is 0. The number of hydrogen-bond donors (Lipinski definition) is 1. The Kier molecular flexibility index (Phi) is 5.26. The number of nitro benzene ring substituents is 1. The topological polar surface area (TPSA) is 134 Å². The first-order valence-electron chi connectivity index (χ1n) is 8.21. The average molecular weight is 397 g/mol. The van der Waals surface area contributed by atoms with Gasteiger partial charge in [0.1, 0.15) is 11.3 Å². The summed E-state index contributed by atoms with van der Waals surface area (Å²) in [5.74, 6) is -2.27. The molecule has 1 N–H and O–H groups in total. The largest absolute Gasteiger partial charge is 0.502 e. The van der Waals surface area contributed by atoms with Crippen LogP contribution in [-0.2, 0) is 9.47 Å². The van der Waals surface area contributed by atoms with Crippen LogP contribution in [-0.4, -0.2) is 46.0 Å². The molecule has 0 bridgehead atoms. The highest BCUT2D eigenvalue weighted by Crippen LogP contribution is 2.34. The number of benzene rings is 2. The fourth-order valence-corrected chi connectivity index (χ4v) is 2.77. The molecule has 0 saturated heterocycles. The second kappa shape index (κ2) is 7.80. The highest BCUT2D eigenvalue weighted by molar-refractivity contribution is 6.07. The van der Waals surface area contributed by atoms with E-state index in [-0.39, 0.29) is 22.5 Å². The molecule has 0 radical (unpaired) electrons. The van der Waals surface area contributed by atoms with Crippen LogP contribution in [0.1, 0.15) is 20.8 Å². The van der Waals surface area contributed by atoms with Crippen LogP contribution in [0, 0.1) is 10.1 Å². The molecular formula is C19H15N3O7. The molecule has 3 aromatic rings. The van der Waals surface area contributed by atoms with Gasteiger partial charge in [-0.05, 0) is 24.3 Å². The van der Waals surface area contributed by atoms with Gasteiger partial charge >= 0.3 is 17.6 Å². The SMILES string of the molecule is COC(=O)c1c(-c2ccc(O)c([N+](=O)[O-])c2)nn(-c2ccccc2)c1C(=O)OC. The van der Waals surface area contributed by atoms with E-state index in [0.29, 0.717) is 5.69 Å². The van der Waals surface area contributed by atoms with Crippen molar-refractivity contribution in [2.75, 3.05) is 14.2 Å². The summed E-state index contributed by atoms with van der Waals surface area (Å²) >= 11 is 0. The Labute approximate surface area is 164 Å². The van der Waals surface area contributed by atoms with E-state index in [1.165, 1.54) is 10.7 Å². The number of ether oxygens (including phenoxy) is 2. The predicted octanol–water partition coefficient (Wildman–Crippen LogP) is 2.73. The Balaban J connectivity index is 2.37. The first-order valence-corrected chi connectivity index (χ1v) is 8.21. The van der Waals surface area contributed by atoms with Gasteiger partial charge in [-0.1, -0.05) is 18.2 Å². The Morgan fingerprint density at radius 2 is 1.72 bits per heavy atom. The van der Waals surface area contributed by atoms with Crippen molar-refractivity contribution in [1.29, 1.82) is 0 Å². The normalized spacial score (nSPS) is 10.4. The summed E-state index contributed by atoms with van der Waals surface area (Å²) in [5.41, 5.74) is -0.441. The molecule has 2 aromatic carbocycles. The molecule has 29 heavy (non-hydrogen) atoms. The maximum absolute atomic E-state index is 12.5. The van der Waals surface area contributed by atoms with E-state index in [1.54, 1.807) is 30.3 Å². The van der Waals surface area contributed by atoms with Crippen LogP contribution < -0.4 is 0 Å². The molecule has 10 nitrogen and oxygen atoms in total. The number of para-hydroxylation sites is 1. The van der Waals surface area contributed by atoms with Crippen molar-refractivity contribution in [2.45, 2.75) is 0 Å². The van der Waals surface area contributed by atoms with Crippen LogP contribution in [0.15, 0.2) is 48.5 Å². The van der Waals surface area contributed by atoms with Gasteiger partial charge in [-0.15, -0.1) is 0 Å². The van der Waals surface area contributed by atoms with Crippen molar-refractivity contribution < 1.29 is 29.1 Å². The van der Waals surface area contributed by atoms with E-state index in [9.17, 15) is 24.8 Å². The van der Waals surface area contributed by atoms with Gasteiger partial charge < -0.3 is 14.6 Å². The van der Waals surface area contributed by atoms with Crippen molar-refractivity contribution in [3.8, 4) is 22.7 Å². The number of phenols is 1. The van der Waals surface area contributed by atoms with Gasteiger partial charge in [0.25, 0.3) is 0 Å². The molecule has 1 heterocycles. The Bertz CT molecular complexity index is 1110. The molecule has 0 saturated carbocycles. The van der Waals surface area contributed by atoms with Gasteiger partial charge in [0.15, 0.2) is 11.4 Å². The first-order chi connectivity index (χ1) is 13.9. The molecule has 0 spiro atoms. The number of methoxy groups -OCH3 is 2. The third kappa shape index (κ3) is 3.50. The predicted molar refractivity (Wildman–Crippen MR) is 100.0 cm³/mol. The molecule has 3 rings (SSSR count). The maximum atomic E-state index is 12.5. The van der Waals surface area contributed by atoms with Crippen molar-refractivity contribution in [3.05, 3.63) is 69.9 Å². The van der Waals surface area contributed by atoms with Crippen LogP contribution >= 0.6 is 0 Å². The van der Waals surface area contributed by atoms with Gasteiger partial charge in [-0.3, -0.25) is 10.1 Å². The molecule has 148 valence electrons. The first kappa shape index (κ1) is 19.5. The van der Waals surface area contributed by atoms with Crippen molar-refractivity contribution >= 4 is 17.6 Å². The van der Waals surface area contributed by atoms with Crippen molar-refractivity contribution in [1.82, 2.24) is 9.78 Å². The number of carbonyl (C=O) groups is 2. The van der Waals surface area contributed by atoms with E-state index in [4.69, 9.17) is 9.47 Å². The van der Waals surface area contributed by atoms with E-state index < -0.39 is 28.3 Å². The number of aromatic nitrogens is 2. The molecule has 0 aliphatic heterocycles. The lowest BCUT2D eigenvalue weighted by molar-refractivity contribution is -0.385. The summed E-state index contributed by atoms with van der Waals surface area (Å²) in [4.78, 5) is 35.4. The molecule has 0 aliphatic carbocycles.